The van der Waals surface area contributed by atoms with Crippen LogP contribution < -0.4 is 15.6 Å². The summed E-state index contributed by atoms with van der Waals surface area (Å²) >= 11 is 5.96. The van der Waals surface area contributed by atoms with E-state index in [1.165, 1.54) is 0 Å². The van der Waals surface area contributed by atoms with E-state index in [9.17, 15) is 0 Å². The zero-order chi connectivity index (χ0) is 14.4. The first-order valence-corrected chi connectivity index (χ1v) is 6.67. The molecule has 0 spiro atoms. The smallest absolute Gasteiger partial charge is 0.119 e. The molecule has 0 unspecified atom stereocenters. The van der Waals surface area contributed by atoms with Crippen molar-refractivity contribution in [3.05, 3.63) is 71.8 Å². The maximum absolute atomic E-state index is 6.06. The zero-order valence-corrected chi connectivity index (χ0v) is 13.1. The molecule has 0 saturated heterocycles. The van der Waals surface area contributed by atoms with Crippen LogP contribution in [0.15, 0.2) is 61.2 Å². The molecule has 0 aliphatic carbocycles. The number of nitrogens with two attached hydrogens (primary N) is 1. The van der Waals surface area contributed by atoms with Gasteiger partial charge in [0.2, 0.25) is 0 Å². The molecule has 2 aromatic carbocycles. The van der Waals surface area contributed by atoms with E-state index < -0.39 is 0 Å². The van der Waals surface area contributed by atoms with Crippen molar-refractivity contribution in [2.75, 3.05) is 11.6 Å². The number of hydrogen-bond acceptors (Lipinski definition) is 3. The fourth-order valence-corrected chi connectivity index (χ4v) is 2.03. The van der Waals surface area contributed by atoms with Crippen LogP contribution >= 0.6 is 24.0 Å². The lowest BCUT2D eigenvalue weighted by atomic mass is 10.2. The molecule has 5 heteroatoms. The van der Waals surface area contributed by atoms with Gasteiger partial charge in [-0.1, -0.05) is 36.4 Å². The van der Waals surface area contributed by atoms with Crippen molar-refractivity contribution in [2.45, 2.75) is 6.54 Å². The standard InChI is InChI=1S/C16H17ClN2O.ClH/c1-2-10-20-16-8-6-15(7-9-16)19(18)12-13-4-3-5-14(17)11-13;/h2-9,11H,1,10,12,18H2;1H. The first kappa shape index (κ1) is 17.4. The van der Waals surface area contributed by atoms with Gasteiger partial charge in [0.1, 0.15) is 12.4 Å². The van der Waals surface area contributed by atoms with Crippen LogP contribution in [0, 0.1) is 0 Å². The van der Waals surface area contributed by atoms with Crippen LogP contribution in [-0.2, 0) is 6.54 Å². The summed E-state index contributed by atoms with van der Waals surface area (Å²) in [7, 11) is 0. The van der Waals surface area contributed by atoms with Crippen LogP contribution in [-0.4, -0.2) is 6.61 Å². The number of hydrogen-bond donors (Lipinski definition) is 1. The molecule has 2 rings (SSSR count). The number of benzene rings is 2. The van der Waals surface area contributed by atoms with E-state index in [1.54, 1.807) is 11.1 Å². The molecule has 3 nitrogen and oxygen atoms in total. The third kappa shape index (κ3) is 5.31. The third-order valence-corrected chi connectivity index (χ3v) is 3.01. The van der Waals surface area contributed by atoms with Gasteiger partial charge in [-0.2, -0.15) is 0 Å². The van der Waals surface area contributed by atoms with Crippen LogP contribution in [0.4, 0.5) is 5.69 Å². The van der Waals surface area contributed by atoms with Gasteiger partial charge in [-0.3, -0.25) is 0 Å². The maximum Gasteiger partial charge on any atom is 0.119 e. The molecule has 112 valence electrons. The topological polar surface area (TPSA) is 38.5 Å². The average molecular weight is 325 g/mol. The Kier molecular flexibility index (Phi) is 7.09. The Bertz CT molecular complexity index is 573. The van der Waals surface area contributed by atoms with Gasteiger partial charge in [-0.25, -0.2) is 5.84 Å². The van der Waals surface area contributed by atoms with Crippen LogP contribution in [0.3, 0.4) is 0 Å². The van der Waals surface area contributed by atoms with Crippen molar-refractivity contribution in [1.29, 1.82) is 0 Å². The van der Waals surface area contributed by atoms with Crippen LogP contribution in [0.2, 0.25) is 5.02 Å². The average Bonchev–Trinajstić information content (AvgIpc) is 2.45. The lowest BCUT2D eigenvalue weighted by Gasteiger charge is -2.19. The Morgan fingerprint density at radius 2 is 1.90 bits per heavy atom. The number of hydrazine groups is 1. The normalized spacial score (nSPS) is 9.62. The molecular formula is C16H18Cl2N2O. The van der Waals surface area contributed by atoms with Gasteiger partial charge in [0.05, 0.1) is 12.2 Å². The minimum absolute atomic E-state index is 0. The number of halogens is 2. The van der Waals surface area contributed by atoms with Gasteiger partial charge in [0.15, 0.2) is 0 Å². The van der Waals surface area contributed by atoms with E-state index in [2.05, 4.69) is 6.58 Å². The Labute approximate surface area is 136 Å². The molecule has 0 bridgehead atoms. The van der Waals surface area contributed by atoms with Crippen LogP contribution in [0.1, 0.15) is 5.56 Å². The second-order valence-corrected chi connectivity index (χ2v) is 4.79. The molecule has 0 saturated carbocycles. The molecule has 0 aromatic heterocycles. The van der Waals surface area contributed by atoms with E-state index >= 15 is 0 Å². The molecular weight excluding hydrogens is 307 g/mol. The van der Waals surface area contributed by atoms with Crippen LogP contribution in [0.5, 0.6) is 5.75 Å². The fourth-order valence-electron chi connectivity index (χ4n) is 1.81. The van der Waals surface area contributed by atoms with E-state index in [0.717, 1.165) is 17.0 Å². The lowest BCUT2D eigenvalue weighted by Crippen LogP contribution is -2.29. The van der Waals surface area contributed by atoms with Gasteiger partial charge in [-0.05, 0) is 42.0 Å². The van der Waals surface area contributed by atoms with Crippen molar-refractivity contribution >= 4 is 29.7 Å². The number of nitrogens with zero attached hydrogens (tertiary/aromatic N) is 1. The number of anilines is 1. The highest BCUT2D eigenvalue weighted by molar-refractivity contribution is 6.30. The second-order valence-electron chi connectivity index (χ2n) is 4.35. The summed E-state index contributed by atoms with van der Waals surface area (Å²) in [6, 6.07) is 15.3. The largest absolute Gasteiger partial charge is 0.490 e. The Morgan fingerprint density at radius 3 is 2.52 bits per heavy atom. The molecule has 2 aromatic rings. The summed E-state index contributed by atoms with van der Waals surface area (Å²) in [5.74, 6) is 6.86. The highest BCUT2D eigenvalue weighted by Crippen LogP contribution is 2.20. The van der Waals surface area contributed by atoms with Gasteiger partial charge in [0, 0.05) is 5.02 Å². The molecule has 0 fully saturated rings. The quantitative estimate of drug-likeness (QED) is 0.491. The van der Waals surface area contributed by atoms with E-state index in [4.69, 9.17) is 22.2 Å². The predicted molar refractivity (Wildman–Crippen MR) is 91.2 cm³/mol. The predicted octanol–water partition coefficient (Wildman–Crippen LogP) is 4.21. The monoisotopic (exact) mass is 324 g/mol. The van der Waals surface area contributed by atoms with Gasteiger partial charge in [-0.15, -0.1) is 12.4 Å². The van der Waals surface area contributed by atoms with Crippen molar-refractivity contribution in [1.82, 2.24) is 0 Å². The summed E-state index contributed by atoms with van der Waals surface area (Å²) in [6.07, 6.45) is 1.71. The second kappa shape index (κ2) is 8.57. The Morgan fingerprint density at radius 1 is 1.19 bits per heavy atom. The molecule has 0 radical (unpaired) electrons. The highest BCUT2D eigenvalue weighted by Gasteiger charge is 2.04. The van der Waals surface area contributed by atoms with E-state index in [1.807, 2.05) is 48.5 Å². The van der Waals surface area contributed by atoms with Gasteiger partial charge in [0.25, 0.3) is 0 Å². The minimum atomic E-state index is 0. The minimum Gasteiger partial charge on any atom is -0.490 e. The highest BCUT2D eigenvalue weighted by atomic mass is 35.5. The number of rotatable bonds is 6. The third-order valence-electron chi connectivity index (χ3n) is 2.78. The van der Waals surface area contributed by atoms with Crippen molar-refractivity contribution in [2.24, 2.45) is 5.84 Å². The molecule has 0 amide bonds. The molecule has 0 aliphatic heterocycles. The summed E-state index contributed by atoms with van der Waals surface area (Å²) in [5, 5.41) is 2.38. The molecule has 21 heavy (non-hydrogen) atoms. The molecule has 0 atom stereocenters. The summed E-state index contributed by atoms with van der Waals surface area (Å²) in [5.41, 5.74) is 1.97. The Balaban J connectivity index is 0.00000220. The number of ether oxygens (including phenoxy) is 1. The first-order chi connectivity index (χ1) is 9.69. The van der Waals surface area contributed by atoms with Crippen molar-refractivity contribution in [3.8, 4) is 5.75 Å². The van der Waals surface area contributed by atoms with E-state index in [-0.39, 0.29) is 12.4 Å². The molecule has 2 N–H and O–H groups in total. The molecule has 0 aliphatic rings. The maximum atomic E-state index is 6.06. The van der Waals surface area contributed by atoms with Gasteiger partial charge < -0.3 is 9.75 Å². The van der Waals surface area contributed by atoms with Gasteiger partial charge >= 0.3 is 0 Å². The first-order valence-electron chi connectivity index (χ1n) is 6.29. The Hall–Kier alpha value is -1.68. The fraction of sp³-hybridized carbons (Fsp3) is 0.125. The van der Waals surface area contributed by atoms with Crippen molar-refractivity contribution in [3.63, 3.8) is 0 Å². The lowest BCUT2D eigenvalue weighted by molar-refractivity contribution is 0.363. The molecule has 0 heterocycles. The van der Waals surface area contributed by atoms with Crippen LogP contribution in [0.25, 0.3) is 0 Å². The SMILES string of the molecule is C=CCOc1ccc(N(N)Cc2cccc(Cl)c2)cc1.Cl. The van der Waals surface area contributed by atoms with E-state index in [0.29, 0.717) is 18.2 Å². The summed E-state index contributed by atoms with van der Waals surface area (Å²) in [4.78, 5) is 0. The zero-order valence-electron chi connectivity index (χ0n) is 11.5. The summed E-state index contributed by atoms with van der Waals surface area (Å²) in [6.45, 7) is 4.70. The summed E-state index contributed by atoms with van der Waals surface area (Å²) < 4.78 is 5.43. The van der Waals surface area contributed by atoms with Crippen molar-refractivity contribution < 1.29 is 4.74 Å².